The quantitative estimate of drug-likeness (QED) is 0.580. The number of hydrogen-bond acceptors (Lipinski definition) is 5. The van der Waals surface area contributed by atoms with E-state index in [4.69, 9.17) is 15.3 Å². The Morgan fingerprint density at radius 2 is 2.50 bits per heavy atom. The zero-order valence-corrected chi connectivity index (χ0v) is 5.56. The van der Waals surface area contributed by atoms with E-state index in [0.717, 1.165) is 0 Å². The normalized spacial score (nSPS) is 16.7. The van der Waals surface area contributed by atoms with Crippen LogP contribution in [0.1, 0.15) is 18.9 Å². The maximum Gasteiger partial charge on any atom is 0.235 e. The predicted octanol–water partition coefficient (Wildman–Crippen LogP) is -0.550. The first kappa shape index (κ1) is 7.17. The molecule has 1 heterocycles. The second-order valence-electron chi connectivity index (χ2n) is 2.04. The molecule has 3 N–H and O–H groups in total. The Hall–Kier alpha value is -0.940. The van der Waals surface area contributed by atoms with Crippen LogP contribution in [0, 0.1) is 0 Å². The Morgan fingerprint density at radius 1 is 1.80 bits per heavy atom. The summed E-state index contributed by atoms with van der Waals surface area (Å²) in [5, 5.41) is 15.9. The molecule has 0 bridgehead atoms. The molecule has 0 saturated carbocycles. The second-order valence-corrected chi connectivity index (χ2v) is 2.04. The minimum Gasteiger partial charge on any atom is -0.426 e. The van der Waals surface area contributed by atoms with Gasteiger partial charge in [0.25, 0.3) is 0 Å². The highest BCUT2D eigenvalue weighted by Crippen LogP contribution is 2.08. The molecule has 1 aromatic rings. The zero-order valence-electron chi connectivity index (χ0n) is 5.56. The van der Waals surface area contributed by atoms with E-state index in [1.54, 1.807) is 6.92 Å². The summed E-state index contributed by atoms with van der Waals surface area (Å²) < 4.78 is 4.75. The van der Waals surface area contributed by atoms with Crippen LogP contribution in [0.2, 0.25) is 0 Å². The Balaban J connectivity index is 2.68. The molecule has 0 radical (unpaired) electrons. The molecular formula is C5H9N3O2. The average Bonchev–Trinajstić information content (AvgIpc) is 2.36. The Morgan fingerprint density at radius 3 is 2.90 bits per heavy atom. The summed E-state index contributed by atoms with van der Waals surface area (Å²) >= 11 is 0. The van der Waals surface area contributed by atoms with E-state index in [0.29, 0.717) is 0 Å². The molecule has 0 saturated heterocycles. The molecule has 0 aliphatic rings. The van der Waals surface area contributed by atoms with Gasteiger partial charge in [-0.05, 0) is 6.92 Å². The van der Waals surface area contributed by atoms with E-state index < -0.39 is 12.1 Å². The molecule has 0 aromatic carbocycles. The van der Waals surface area contributed by atoms with Gasteiger partial charge in [0.15, 0.2) is 0 Å². The summed E-state index contributed by atoms with van der Waals surface area (Å²) in [6.07, 6.45) is 0.512. The first-order valence-electron chi connectivity index (χ1n) is 2.91. The molecule has 0 fully saturated rings. The third-order valence-electron chi connectivity index (χ3n) is 1.18. The summed E-state index contributed by atoms with van der Waals surface area (Å²) in [7, 11) is 0. The number of aliphatic hydroxyl groups is 1. The van der Waals surface area contributed by atoms with E-state index in [2.05, 4.69) is 10.2 Å². The van der Waals surface area contributed by atoms with Crippen molar-refractivity contribution in [3.8, 4) is 0 Å². The molecule has 0 aliphatic carbocycles. The third kappa shape index (κ3) is 1.31. The molecule has 10 heavy (non-hydrogen) atoms. The lowest BCUT2D eigenvalue weighted by molar-refractivity contribution is 0.150. The van der Waals surface area contributed by atoms with Crippen molar-refractivity contribution in [2.24, 2.45) is 5.73 Å². The summed E-state index contributed by atoms with van der Waals surface area (Å²) in [4.78, 5) is 0. The van der Waals surface area contributed by atoms with Crippen LogP contribution in [0.3, 0.4) is 0 Å². The van der Waals surface area contributed by atoms with E-state index in [1.165, 1.54) is 6.39 Å². The largest absolute Gasteiger partial charge is 0.426 e. The molecule has 1 aromatic heterocycles. The van der Waals surface area contributed by atoms with Crippen molar-refractivity contribution in [1.82, 2.24) is 10.2 Å². The van der Waals surface area contributed by atoms with Crippen LogP contribution in [-0.4, -0.2) is 21.4 Å². The van der Waals surface area contributed by atoms with Gasteiger partial charge >= 0.3 is 0 Å². The van der Waals surface area contributed by atoms with Crippen LogP contribution >= 0.6 is 0 Å². The van der Waals surface area contributed by atoms with Crippen molar-refractivity contribution >= 4 is 0 Å². The lowest BCUT2D eigenvalue weighted by Gasteiger charge is -2.08. The molecule has 0 amide bonds. The van der Waals surface area contributed by atoms with Crippen molar-refractivity contribution < 1.29 is 9.52 Å². The van der Waals surface area contributed by atoms with E-state index in [-0.39, 0.29) is 5.89 Å². The summed E-state index contributed by atoms with van der Waals surface area (Å²) in [6, 6.07) is -0.581. The fourth-order valence-electron chi connectivity index (χ4n) is 0.533. The zero-order chi connectivity index (χ0) is 7.56. The van der Waals surface area contributed by atoms with Gasteiger partial charge in [0.2, 0.25) is 12.3 Å². The van der Waals surface area contributed by atoms with Crippen molar-refractivity contribution in [3.63, 3.8) is 0 Å². The fourth-order valence-corrected chi connectivity index (χ4v) is 0.533. The highest BCUT2D eigenvalue weighted by atomic mass is 16.4. The topological polar surface area (TPSA) is 85.2 Å². The van der Waals surface area contributed by atoms with Crippen LogP contribution in [0.4, 0.5) is 0 Å². The van der Waals surface area contributed by atoms with Crippen LogP contribution in [0.25, 0.3) is 0 Å². The van der Waals surface area contributed by atoms with Gasteiger partial charge in [0.05, 0.1) is 6.10 Å². The Labute approximate surface area is 57.9 Å². The van der Waals surface area contributed by atoms with Gasteiger partial charge in [-0.25, -0.2) is 0 Å². The minimum absolute atomic E-state index is 0.259. The molecule has 0 spiro atoms. The molecule has 0 aliphatic heterocycles. The van der Waals surface area contributed by atoms with E-state index >= 15 is 0 Å². The van der Waals surface area contributed by atoms with Gasteiger partial charge in [-0.2, -0.15) is 0 Å². The SMILES string of the molecule is CC(O)C(N)c1nnco1. The van der Waals surface area contributed by atoms with Crippen LogP contribution in [0.5, 0.6) is 0 Å². The van der Waals surface area contributed by atoms with E-state index in [1.807, 2.05) is 0 Å². The van der Waals surface area contributed by atoms with Gasteiger partial charge in [-0.15, -0.1) is 10.2 Å². The Bertz CT molecular complexity index is 185. The van der Waals surface area contributed by atoms with Gasteiger partial charge in [-0.1, -0.05) is 0 Å². The van der Waals surface area contributed by atoms with Crippen LogP contribution < -0.4 is 5.73 Å². The molecule has 2 atom stereocenters. The third-order valence-corrected chi connectivity index (χ3v) is 1.18. The maximum atomic E-state index is 8.94. The lowest BCUT2D eigenvalue weighted by Crippen LogP contribution is -2.23. The Kier molecular flexibility index (Phi) is 1.98. The molecule has 56 valence electrons. The minimum atomic E-state index is -0.666. The van der Waals surface area contributed by atoms with E-state index in [9.17, 15) is 0 Å². The first-order valence-corrected chi connectivity index (χ1v) is 2.91. The number of aromatic nitrogens is 2. The average molecular weight is 143 g/mol. The lowest BCUT2D eigenvalue weighted by atomic mass is 10.2. The number of aliphatic hydroxyl groups excluding tert-OH is 1. The number of hydrogen-bond donors (Lipinski definition) is 2. The summed E-state index contributed by atoms with van der Waals surface area (Å²) in [5.74, 6) is 0.259. The first-order chi connectivity index (χ1) is 4.72. The van der Waals surface area contributed by atoms with Gasteiger partial charge < -0.3 is 15.3 Å². The highest BCUT2D eigenvalue weighted by Gasteiger charge is 2.16. The van der Waals surface area contributed by atoms with Gasteiger partial charge in [0, 0.05) is 0 Å². The van der Waals surface area contributed by atoms with Crippen molar-refractivity contribution in [2.75, 3.05) is 0 Å². The molecule has 2 unspecified atom stereocenters. The second kappa shape index (κ2) is 2.76. The van der Waals surface area contributed by atoms with Crippen LogP contribution in [-0.2, 0) is 0 Å². The maximum absolute atomic E-state index is 8.94. The standard InChI is InChI=1S/C5H9N3O2/c1-3(9)4(6)5-8-7-2-10-5/h2-4,9H,6H2,1H3. The number of rotatable bonds is 2. The van der Waals surface area contributed by atoms with Gasteiger partial charge in [-0.3, -0.25) is 0 Å². The molecule has 1 rings (SSSR count). The predicted molar refractivity (Wildman–Crippen MR) is 32.9 cm³/mol. The summed E-state index contributed by atoms with van der Waals surface area (Å²) in [6.45, 7) is 1.56. The fraction of sp³-hybridized carbons (Fsp3) is 0.600. The molecular weight excluding hydrogens is 134 g/mol. The van der Waals surface area contributed by atoms with Crippen molar-refractivity contribution in [1.29, 1.82) is 0 Å². The summed E-state index contributed by atoms with van der Waals surface area (Å²) in [5.41, 5.74) is 5.44. The van der Waals surface area contributed by atoms with Gasteiger partial charge in [0.1, 0.15) is 6.04 Å². The molecule has 5 heteroatoms. The van der Waals surface area contributed by atoms with Crippen molar-refractivity contribution in [2.45, 2.75) is 19.1 Å². The number of nitrogens with zero attached hydrogens (tertiary/aromatic N) is 2. The monoisotopic (exact) mass is 143 g/mol. The van der Waals surface area contributed by atoms with Crippen molar-refractivity contribution in [3.05, 3.63) is 12.3 Å². The molecule has 5 nitrogen and oxygen atoms in total. The van der Waals surface area contributed by atoms with Crippen LogP contribution in [0.15, 0.2) is 10.8 Å². The highest BCUT2D eigenvalue weighted by molar-refractivity contribution is 4.86. The smallest absolute Gasteiger partial charge is 0.235 e. The number of nitrogens with two attached hydrogens (primary N) is 1.